The van der Waals surface area contributed by atoms with Crippen LogP contribution in [0.4, 0.5) is 5.69 Å². The number of nitrogens with zero attached hydrogens (tertiary/aromatic N) is 3. The normalized spacial score (nSPS) is 18.4. The predicted molar refractivity (Wildman–Crippen MR) is 133 cm³/mol. The fourth-order valence-electron chi connectivity index (χ4n) is 4.85. The average molecular weight is 460 g/mol. The first-order chi connectivity index (χ1) is 16.5. The molecule has 0 atom stereocenters. The molecule has 0 aliphatic carbocycles. The number of imidazole rings is 1. The predicted octanol–water partition coefficient (Wildman–Crippen LogP) is 3.21. The summed E-state index contributed by atoms with van der Waals surface area (Å²) in [7, 11) is 0. The minimum atomic E-state index is -0.147. The minimum Gasteiger partial charge on any atom is -0.493 e. The van der Waals surface area contributed by atoms with Crippen LogP contribution in [0.25, 0.3) is 27.6 Å². The van der Waals surface area contributed by atoms with Crippen molar-refractivity contribution in [1.29, 1.82) is 0 Å². The molecule has 0 radical (unpaired) electrons. The molecule has 6 rings (SSSR count). The monoisotopic (exact) mass is 459 g/mol. The third kappa shape index (κ3) is 3.73. The lowest BCUT2D eigenvalue weighted by Crippen LogP contribution is -2.44. The van der Waals surface area contributed by atoms with E-state index in [-0.39, 0.29) is 17.0 Å². The SMILES string of the molecule is CC1(COc2ccc3c(c2)ncn3-c2cc3cccc(N4CCC(N)CC4)c3[nH]c2=O)COC1. The van der Waals surface area contributed by atoms with Gasteiger partial charge in [0, 0.05) is 36.0 Å². The highest BCUT2D eigenvalue weighted by Gasteiger charge is 2.34. The van der Waals surface area contributed by atoms with Gasteiger partial charge in [-0.1, -0.05) is 19.1 Å². The largest absolute Gasteiger partial charge is 0.493 e. The van der Waals surface area contributed by atoms with Crippen LogP contribution in [0.1, 0.15) is 19.8 Å². The maximum atomic E-state index is 13.2. The Balaban J connectivity index is 1.33. The van der Waals surface area contributed by atoms with Gasteiger partial charge in [-0.3, -0.25) is 9.36 Å². The molecular weight excluding hydrogens is 430 g/mol. The van der Waals surface area contributed by atoms with Crippen LogP contribution in [0.2, 0.25) is 0 Å². The molecule has 0 bridgehead atoms. The van der Waals surface area contributed by atoms with Gasteiger partial charge in [-0.25, -0.2) is 4.98 Å². The molecule has 3 N–H and O–H groups in total. The van der Waals surface area contributed by atoms with E-state index in [0.29, 0.717) is 12.3 Å². The smallest absolute Gasteiger partial charge is 0.272 e. The fraction of sp³-hybridized carbons (Fsp3) is 0.385. The van der Waals surface area contributed by atoms with E-state index in [0.717, 1.165) is 72.5 Å². The topological polar surface area (TPSA) is 98.4 Å². The standard InChI is InChI=1S/C26H29N5O3/c1-26(13-33-14-26)15-34-19-5-6-21-20(12-19)28-16-31(21)23-11-17-3-2-4-22(24(17)29-25(23)32)30-9-7-18(27)8-10-30/h2-6,11-12,16,18H,7-10,13-15,27H2,1H3,(H,29,32). The second kappa shape index (κ2) is 8.14. The first kappa shape index (κ1) is 21.2. The third-order valence-electron chi connectivity index (χ3n) is 6.98. The lowest BCUT2D eigenvalue weighted by atomic mass is 9.90. The molecular formula is C26H29N5O3. The van der Waals surface area contributed by atoms with Gasteiger partial charge in [-0.05, 0) is 37.1 Å². The maximum absolute atomic E-state index is 13.2. The molecule has 2 aromatic carbocycles. The Morgan fingerprint density at radius 1 is 1.18 bits per heavy atom. The van der Waals surface area contributed by atoms with Gasteiger partial charge in [0.05, 0.1) is 42.1 Å². The summed E-state index contributed by atoms with van der Waals surface area (Å²) < 4.78 is 13.1. The molecule has 0 spiro atoms. The Hall–Kier alpha value is -3.36. The summed E-state index contributed by atoms with van der Waals surface area (Å²) in [5, 5.41) is 0.986. The molecule has 34 heavy (non-hydrogen) atoms. The lowest BCUT2D eigenvalue weighted by molar-refractivity contribution is -0.120. The number of aromatic amines is 1. The number of hydrogen-bond donors (Lipinski definition) is 2. The minimum absolute atomic E-state index is 0.0752. The van der Waals surface area contributed by atoms with Crippen LogP contribution in [0.3, 0.4) is 0 Å². The van der Waals surface area contributed by atoms with Gasteiger partial charge >= 0.3 is 0 Å². The number of benzene rings is 2. The molecule has 2 aromatic heterocycles. The first-order valence-electron chi connectivity index (χ1n) is 11.8. The van der Waals surface area contributed by atoms with Gasteiger partial charge in [0.1, 0.15) is 17.8 Å². The average Bonchev–Trinajstić information content (AvgIpc) is 3.24. The zero-order valence-electron chi connectivity index (χ0n) is 19.3. The summed E-state index contributed by atoms with van der Waals surface area (Å²) in [5.74, 6) is 0.768. The second-order valence-electron chi connectivity index (χ2n) is 9.91. The first-order valence-corrected chi connectivity index (χ1v) is 11.8. The molecule has 2 aliphatic rings. The van der Waals surface area contributed by atoms with Crippen LogP contribution >= 0.6 is 0 Å². The van der Waals surface area contributed by atoms with Crippen molar-refractivity contribution >= 4 is 27.6 Å². The zero-order chi connectivity index (χ0) is 23.3. The summed E-state index contributed by atoms with van der Waals surface area (Å²) in [4.78, 5) is 23.2. The number of anilines is 1. The number of hydrogen-bond acceptors (Lipinski definition) is 6. The van der Waals surface area contributed by atoms with E-state index in [4.69, 9.17) is 15.2 Å². The van der Waals surface area contributed by atoms with E-state index >= 15 is 0 Å². The van der Waals surface area contributed by atoms with E-state index < -0.39 is 0 Å². The third-order valence-corrected chi connectivity index (χ3v) is 6.98. The molecule has 0 saturated carbocycles. The summed E-state index contributed by atoms with van der Waals surface area (Å²) in [6.07, 6.45) is 3.61. The quantitative estimate of drug-likeness (QED) is 0.476. The van der Waals surface area contributed by atoms with Gasteiger partial charge < -0.3 is 25.1 Å². The van der Waals surface area contributed by atoms with E-state index in [1.807, 2.05) is 41.0 Å². The molecule has 4 aromatic rings. The van der Waals surface area contributed by atoms with Gasteiger partial charge in [0.15, 0.2) is 0 Å². The number of aromatic nitrogens is 3. The molecule has 0 amide bonds. The Morgan fingerprint density at radius 3 is 2.76 bits per heavy atom. The Labute approximate surface area is 197 Å². The lowest BCUT2D eigenvalue weighted by Gasteiger charge is -2.37. The molecule has 2 aliphatic heterocycles. The number of nitrogens with one attached hydrogen (secondary N) is 1. The van der Waals surface area contributed by atoms with Crippen LogP contribution in [-0.2, 0) is 4.74 Å². The van der Waals surface area contributed by atoms with Gasteiger partial charge in [0.25, 0.3) is 5.56 Å². The molecule has 8 nitrogen and oxygen atoms in total. The van der Waals surface area contributed by atoms with Crippen molar-refractivity contribution < 1.29 is 9.47 Å². The Bertz CT molecular complexity index is 1410. The highest BCUT2D eigenvalue weighted by atomic mass is 16.5. The van der Waals surface area contributed by atoms with Crippen molar-refractivity contribution in [2.24, 2.45) is 11.1 Å². The van der Waals surface area contributed by atoms with Crippen molar-refractivity contribution in [1.82, 2.24) is 14.5 Å². The summed E-state index contributed by atoms with van der Waals surface area (Å²) >= 11 is 0. The van der Waals surface area contributed by atoms with Crippen LogP contribution in [0, 0.1) is 5.41 Å². The van der Waals surface area contributed by atoms with Crippen molar-refractivity contribution in [2.75, 3.05) is 37.8 Å². The van der Waals surface area contributed by atoms with Crippen LogP contribution in [0.15, 0.2) is 53.6 Å². The number of para-hydroxylation sites is 1. The molecule has 8 heteroatoms. The van der Waals surface area contributed by atoms with E-state index in [9.17, 15) is 4.79 Å². The summed E-state index contributed by atoms with van der Waals surface area (Å²) in [6.45, 7) is 6.00. The molecule has 176 valence electrons. The second-order valence-corrected chi connectivity index (χ2v) is 9.91. The fourth-order valence-corrected chi connectivity index (χ4v) is 4.85. The number of fused-ring (bicyclic) bond motifs is 2. The van der Waals surface area contributed by atoms with Gasteiger partial charge in [-0.15, -0.1) is 0 Å². The number of H-pyrrole nitrogens is 1. The van der Waals surface area contributed by atoms with Crippen molar-refractivity contribution in [3.63, 3.8) is 0 Å². The number of rotatable bonds is 5. The molecule has 2 fully saturated rings. The Morgan fingerprint density at radius 2 is 2.00 bits per heavy atom. The van der Waals surface area contributed by atoms with Gasteiger partial charge in [-0.2, -0.15) is 0 Å². The Kier molecular flexibility index (Phi) is 5.08. The van der Waals surface area contributed by atoms with Crippen LogP contribution < -0.4 is 20.9 Å². The zero-order valence-corrected chi connectivity index (χ0v) is 19.3. The van der Waals surface area contributed by atoms with Crippen molar-refractivity contribution in [3.8, 4) is 11.4 Å². The molecule has 4 heterocycles. The number of nitrogens with two attached hydrogens (primary N) is 1. The number of piperidine rings is 1. The summed E-state index contributed by atoms with van der Waals surface area (Å²) in [6, 6.07) is 14.1. The van der Waals surface area contributed by atoms with E-state index in [1.54, 1.807) is 6.33 Å². The van der Waals surface area contributed by atoms with Crippen molar-refractivity contribution in [3.05, 3.63) is 59.1 Å². The highest BCUT2D eigenvalue weighted by Crippen LogP contribution is 2.30. The van der Waals surface area contributed by atoms with Crippen molar-refractivity contribution in [2.45, 2.75) is 25.8 Å². The molecule has 2 saturated heterocycles. The molecule has 0 unspecified atom stereocenters. The van der Waals surface area contributed by atoms with E-state index in [1.165, 1.54) is 0 Å². The van der Waals surface area contributed by atoms with Crippen LogP contribution in [-0.4, -0.2) is 53.5 Å². The maximum Gasteiger partial charge on any atom is 0.272 e. The highest BCUT2D eigenvalue weighted by molar-refractivity contribution is 5.92. The van der Waals surface area contributed by atoms with E-state index in [2.05, 4.69) is 27.9 Å². The van der Waals surface area contributed by atoms with Gasteiger partial charge in [0.2, 0.25) is 0 Å². The van der Waals surface area contributed by atoms with Crippen LogP contribution in [0.5, 0.6) is 5.75 Å². The summed E-state index contributed by atoms with van der Waals surface area (Å²) in [5.41, 5.74) is 10.1. The number of pyridine rings is 1. The number of ether oxygens (including phenoxy) is 2.